The Labute approximate surface area is 100 Å². The van der Waals surface area contributed by atoms with E-state index in [2.05, 4.69) is 27.4 Å². The van der Waals surface area contributed by atoms with E-state index in [9.17, 15) is 0 Å². The minimum atomic E-state index is 0.136. The number of nitrogens with one attached hydrogen (secondary N) is 1. The van der Waals surface area contributed by atoms with Gasteiger partial charge in [-0.15, -0.1) is 10.2 Å². The number of aromatic nitrogens is 4. The van der Waals surface area contributed by atoms with Gasteiger partial charge < -0.3 is 5.32 Å². The summed E-state index contributed by atoms with van der Waals surface area (Å²) in [5, 5.41) is 12.0. The standard InChI is InChI=1S/C12H17N5/c1-2-4-12(5-7-13-9-12)10-15-16-11-14-6-3-8-17(10)11/h3,6,8,13H,2,4-5,7,9H2,1H3. The van der Waals surface area contributed by atoms with Gasteiger partial charge in [-0.2, -0.15) is 0 Å². The Morgan fingerprint density at radius 2 is 2.41 bits per heavy atom. The summed E-state index contributed by atoms with van der Waals surface area (Å²) in [4.78, 5) is 4.23. The molecule has 1 unspecified atom stereocenters. The highest BCUT2D eigenvalue weighted by atomic mass is 15.3. The summed E-state index contributed by atoms with van der Waals surface area (Å²) in [6.07, 6.45) is 7.21. The van der Waals surface area contributed by atoms with Crippen LogP contribution in [0.25, 0.3) is 5.78 Å². The summed E-state index contributed by atoms with van der Waals surface area (Å²) < 4.78 is 2.03. The lowest BCUT2D eigenvalue weighted by atomic mass is 9.81. The highest BCUT2D eigenvalue weighted by Gasteiger charge is 2.38. The van der Waals surface area contributed by atoms with Crippen molar-refractivity contribution >= 4 is 5.78 Å². The van der Waals surface area contributed by atoms with Crippen molar-refractivity contribution in [3.8, 4) is 0 Å². The predicted molar refractivity (Wildman–Crippen MR) is 64.9 cm³/mol. The molecule has 2 aromatic rings. The summed E-state index contributed by atoms with van der Waals surface area (Å²) in [6, 6.07) is 1.93. The van der Waals surface area contributed by atoms with Gasteiger partial charge in [-0.3, -0.25) is 4.40 Å². The van der Waals surface area contributed by atoms with E-state index >= 15 is 0 Å². The molecule has 0 aromatic carbocycles. The molecular weight excluding hydrogens is 214 g/mol. The molecule has 3 rings (SSSR count). The Bertz CT molecular complexity index is 512. The molecule has 3 heterocycles. The Morgan fingerprint density at radius 1 is 1.47 bits per heavy atom. The van der Waals surface area contributed by atoms with Crippen molar-refractivity contribution in [2.75, 3.05) is 13.1 Å². The Kier molecular flexibility index (Phi) is 2.55. The molecule has 5 heteroatoms. The first-order chi connectivity index (χ1) is 8.36. The molecule has 1 atom stereocenters. The average molecular weight is 231 g/mol. The van der Waals surface area contributed by atoms with Gasteiger partial charge in [-0.25, -0.2) is 4.98 Å². The minimum absolute atomic E-state index is 0.136. The van der Waals surface area contributed by atoms with Gasteiger partial charge in [-0.05, 0) is 25.5 Å². The molecule has 5 nitrogen and oxygen atoms in total. The van der Waals surface area contributed by atoms with E-state index in [1.165, 1.54) is 0 Å². The smallest absolute Gasteiger partial charge is 0.254 e. The van der Waals surface area contributed by atoms with E-state index in [0.717, 1.165) is 38.2 Å². The largest absolute Gasteiger partial charge is 0.316 e. The molecule has 1 aliphatic rings. The fourth-order valence-electron chi connectivity index (χ4n) is 2.84. The van der Waals surface area contributed by atoms with E-state index in [-0.39, 0.29) is 5.41 Å². The van der Waals surface area contributed by atoms with Crippen molar-refractivity contribution in [1.82, 2.24) is 24.9 Å². The minimum Gasteiger partial charge on any atom is -0.316 e. The maximum atomic E-state index is 4.38. The number of rotatable bonds is 3. The maximum Gasteiger partial charge on any atom is 0.254 e. The van der Waals surface area contributed by atoms with Crippen LogP contribution in [0.2, 0.25) is 0 Å². The van der Waals surface area contributed by atoms with Crippen molar-refractivity contribution in [2.45, 2.75) is 31.6 Å². The molecule has 90 valence electrons. The molecule has 0 radical (unpaired) electrons. The summed E-state index contributed by atoms with van der Waals surface area (Å²) in [5.74, 6) is 1.76. The third-order valence-electron chi connectivity index (χ3n) is 3.64. The van der Waals surface area contributed by atoms with E-state index < -0.39 is 0 Å². The van der Waals surface area contributed by atoms with Crippen molar-refractivity contribution < 1.29 is 0 Å². The number of hydrogen-bond acceptors (Lipinski definition) is 4. The van der Waals surface area contributed by atoms with Crippen LogP contribution in [0.5, 0.6) is 0 Å². The predicted octanol–water partition coefficient (Wildman–Crippen LogP) is 1.16. The Hall–Kier alpha value is -1.49. The lowest BCUT2D eigenvalue weighted by molar-refractivity contribution is 0.398. The van der Waals surface area contributed by atoms with Crippen molar-refractivity contribution in [3.05, 3.63) is 24.3 Å². The van der Waals surface area contributed by atoms with Crippen LogP contribution in [0, 0.1) is 0 Å². The highest BCUT2D eigenvalue weighted by molar-refractivity contribution is 5.30. The van der Waals surface area contributed by atoms with Crippen LogP contribution in [0.1, 0.15) is 32.0 Å². The first-order valence-corrected chi connectivity index (χ1v) is 6.23. The lowest BCUT2D eigenvalue weighted by Crippen LogP contribution is -2.31. The van der Waals surface area contributed by atoms with Crippen LogP contribution in [0.4, 0.5) is 0 Å². The second-order valence-electron chi connectivity index (χ2n) is 4.77. The SMILES string of the molecule is CCCC1(c2nnc3ncccn23)CCNC1. The molecule has 0 aliphatic carbocycles. The zero-order chi connectivity index (χ0) is 11.7. The number of fused-ring (bicyclic) bond motifs is 1. The van der Waals surface area contributed by atoms with Crippen LogP contribution in [-0.2, 0) is 5.41 Å². The van der Waals surface area contributed by atoms with Gasteiger partial charge in [0.15, 0.2) is 0 Å². The Morgan fingerprint density at radius 3 is 3.18 bits per heavy atom. The van der Waals surface area contributed by atoms with Gasteiger partial charge in [0.1, 0.15) is 5.82 Å². The maximum absolute atomic E-state index is 4.38. The molecule has 0 bridgehead atoms. The van der Waals surface area contributed by atoms with E-state index in [1.54, 1.807) is 6.20 Å². The van der Waals surface area contributed by atoms with Gasteiger partial charge in [0, 0.05) is 24.4 Å². The zero-order valence-electron chi connectivity index (χ0n) is 10.1. The summed E-state index contributed by atoms with van der Waals surface area (Å²) in [5.41, 5.74) is 0.136. The molecule has 17 heavy (non-hydrogen) atoms. The van der Waals surface area contributed by atoms with Gasteiger partial charge in [0.25, 0.3) is 5.78 Å². The Balaban J connectivity index is 2.12. The van der Waals surface area contributed by atoms with Crippen LogP contribution in [0.3, 0.4) is 0 Å². The highest BCUT2D eigenvalue weighted by Crippen LogP contribution is 2.34. The molecule has 1 fully saturated rings. The third-order valence-corrected chi connectivity index (χ3v) is 3.64. The molecule has 1 saturated heterocycles. The molecule has 0 amide bonds. The number of nitrogens with zero attached hydrogens (tertiary/aromatic N) is 4. The number of hydrogen-bond donors (Lipinski definition) is 1. The fraction of sp³-hybridized carbons (Fsp3) is 0.583. The van der Waals surface area contributed by atoms with E-state index in [4.69, 9.17) is 0 Å². The van der Waals surface area contributed by atoms with Gasteiger partial charge in [-0.1, -0.05) is 13.3 Å². The quantitative estimate of drug-likeness (QED) is 0.861. The van der Waals surface area contributed by atoms with Crippen molar-refractivity contribution in [1.29, 1.82) is 0 Å². The third kappa shape index (κ3) is 1.61. The molecule has 0 spiro atoms. The topological polar surface area (TPSA) is 55.1 Å². The summed E-state index contributed by atoms with van der Waals surface area (Å²) >= 11 is 0. The normalized spacial score (nSPS) is 24.5. The first-order valence-electron chi connectivity index (χ1n) is 6.23. The zero-order valence-corrected chi connectivity index (χ0v) is 10.1. The van der Waals surface area contributed by atoms with Gasteiger partial charge in [0.05, 0.1) is 0 Å². The van der Waals surface area contributed by atoms with Crippen LogP contribution in [-0.4, -0.2) is 32.7 Å². The van der Waals surface area contributed by atoms with E-state index in [0.29, 0.717) is 5.78 Å². The average Bonchev–Trinajstić information content (AvgIpc) is 2.96. The van der Waals surface area contributed by atoms with Crippen molar-refractivity contribution in [3.63, 3.8) is 0 Å². The first kappa shape index (κ1) is 10.7. The fourth-order valence-corrected chi connectivity index (χ4v) is 2.84. The van der Waals surface area contributed by atoms with Crippen LogP contribution in [0.15, 0.2) is 18.5 Å². The molecule has 2 aromatic heterocycles. The second kappa shape index (κ2) is 4.07. The van der Waals surface area contributed by atoms with Gasteiger partial charge in [0.2, 0.25) is 0 Å². The van der Waals surface area contributed by atoms with Crippen LogP contribution < -0.4 is 5.32 Å². The van der Waals surface area contributed by atoms with E-state index in [1.807, 2.05) is 16.7 Å². The molecule has 0 saturated carbocycles. The molecule has 1 N–H and O–H groups in total. The van der Waals surface area contributed by atoms with Crippen molar-refractivity contribution in [2.24, 2.45) is 0 Å². The monoisotopic (exact) mass is 231 g/mol. The lowest BCUT2D eigenvalue weighted by Gasteiger charge is -2.25. The van der Waals surface area contributed by atoms with Gasteiger partial charge >= 0.3 is 0 Å². The molecule has 1 aliphatic heterocycles. The summed E-state index contributed by atoms with van der Waals surface area (Å²) in [7, 11) is 0. The summed E-state index contributed by atoms with van der Waals surface area (Å²) in [6.45, 7) is 4.28. The van der Waals surface area contributed by atoms with Crippen LogP contribution >= 0.6 is 0 Å². The second-order valence-corrected chi connectivity index (χ2v) is 4.77. The molecular formula is C12H17N5.